The predicted octanol–water partition coefficient (Wildman–Crippen LogP) is 4.37. The van der Waals surface area contributed by atoms with Crippen molar-refractivity contribution in [1.82, 2.24) is 5.01 Å². The summed E-state index contributed by atoms with van der Waals surface area (Å²) >= 11 is 12.0. The van der Waals surface area contributed by atoms with Gasteiger partial charge in [0, 0.05) is 17.5 Å². The highest BCUT2D eigenvalue weighted by atomic mass is 35.5. The zero-order valence-electron chi connectivity index (χ0n) is 12.0. The minimum atomic E-state index is -0.769. The summed E-state index contributed by atoms with van der Waals surface area (Å²) in [6.45, 7) is 1.37. The molecular weight excluding hydrogens is 342 g/mol. The summed E-state index contributed by atoms with van der Waals surface area (Å²) in [6, 6.07) is 10.5. The second kappa shape index (κ2) is 6.18. The molecule has 1 unspecified atom stereocenters. The maximum absolute atomic E-state index is 13.1. The second-order valence-electron chi connectivity index (χ2n) is 4.91. The van der Waals surface area contributed by atoms with Crippen LogP contribution in [-0.4, -0.2) is 16.8 Å². The quantitative estimate of drug-likeness (QED) is 0.805. The molecule has 0 fully saturated rings. The highest BCUT2D eigenvalue weighted by Crippen LogP contribution is 2.32. The number of ether oxygens (including phenoxy) is 1. The Bertz CT molecular complexity index is 793. The molecule has 23 heavy (non-hydrogen) atoms. The van der Waals surface area contributed by atoms with Crippen molar-refractivity contribution in [3.05, 3.63) is 69.5 Å². The van der Waals surface area contributed by atoms with E-state index < -0.39 is 6.23 Å². The van der Waals surface area contributed by atoms with Crippen molar-refractivity contribution in [3.63, 3.8) is 0 Å². The van der Waals surface area contributed by atoms with Gasteiger partial charge in [0.2, 0.25) is 18.0 Å². The average molecular weight is 353 g/mol. The molecule has 7 heteroatoms. The van der Waals surface area contributed by atoms with E-state index in [1.165, 1.54) is 36.2 Å². The fourth-order valence-electron chi connectivity index (χ4n) is 2.18. The monoisotopic (exact) mass is 352 g/mol. The Hall–Kier alpha value is -2.11. The summed E-state index contributed by atoms with van der Waals surface area (Å²) in [6.07, 6.45) is -0.769. The molecule has 0 N–H and O–H groups in total. The fourth-order valence-corrected chi connectivity index (χ4v) is 2.67. The Kier molecular flexibility index (Phi) is 4.24. The summed E-state index contributed by atoms with van der Waals surface area (Å²) in [4.78, 5) is 11.8. The van der Waals surface area contributed by atoms with Gasteiger partial charge in [0.1, 0.15) is 5.82 Å². The van der Waals surface area contributed by atoms with Crippen molar-refractivity contribution in [2.45, 2.75) is 13.2 Å². The fraction of sp³-hybridized carbons (Fsp3) is 0.125. The van der Waals surface area contributed by atoms with E-state index in [0.717, 1.165) is 0 Å². The lowest BCUT2D eigenvalue weighted by molar-refractivity contribution is -0.135. The highest BCUT2D eigenvalue weighted by molar-refractivity contribution is 6.36. The topological polar surface area (TPSA) is 41.9 Å². The lowest BCUT2D eigenvalue weighted by Gasteiger charge is -2.19. The van der Waals surface area contributed by atoms with Crippen molar-refractivity contribution in [1.29, 1.82) is 0 Å². The molecule has 1 aliphatic heterocycles. The van der Waals surface area contributed by atoms with E-state index in [-0.39, 0.29) is 17.6 Å². The normalized spacial score (nSPS) is 17.0. The third kappa shape index (κ3) is 3.16. The third-order valence-electron chi connectivity index (χ3n) is 3.28. The van der Waals surface area contributed by atoms with Crippen LogP contribution >= 0.6 is 23.2 Å². The van der Waals surface area contributed by atoms with E-state index >= 15 is 0 Å². The summed E-state index contributed by atoms with van der Waals surface area (Å²) in [5.41, 5.74) is 1.12. The van der Waals surface area contributed by atoms with E-state index in [1.54, 1.807) is 18.2 Å². The number of hydrogen-bond donors (Lipinski definition) is 0. The molecule has 1 heterocycles. The van der Waals surface area contributed by atoms with Crippen LogP contribution in [0.1, 0.15) is 24.3 Å². The minimum absolute atomic E-state index is 0.205. The number of nitrogens with zero attached hydrogens (tertiary/aromatic N) is 2. The van der Waals surface area contributed by atoms with Crippen LogP contribution in [-0.2, 0) is 9.53 Å². The highest BCUT2D eigenvalue weighted by Gasteiger charge is 2.33. The number of benzene rings is 2. The molecule has 0 spiro atoms. The van der Waals surface area contributed by atoms with Gasteiger partial charge in [-0.1, -0.05) is 35.3 Å². The van der Waals surface area contributed by atoms with E-state index in [0.29, 0.717) is 21.2 Å². The number of amides is 1. The zero-order chi connectivity index (χ0) is 16.6. The molecule has 0 bridgehead atoms. The van der Waals surface area contributed by atoms with Gasteiger partial charge in [-0.05, 0) is 30.3 Å². The van der Waals surface area contributed by atoms with Crippen LogP contribution in [0, 0.1) is 5.82 Å². The molecule has 0 aliphatic carbocycles. The maximum atomic E-state index is 13.1. The Morgan fingerprint density at radius 1 is 1.22 bits per heavy atom. The molecule has 0 aromatic heterocycles. The first kappa shape index (κ1) is 15.8. The van der Waals surface area contributed by atoms with Gasteiger partial charge in [-0.25, -0.2) is 4.39 Å². The smallest absolute Gasteiger partial charge is 0.243 e. The standard InChI is InChI=1S/C16H11Cl2FN2O2/c1-9(22)21-16(10-2-5-12(19)6-3-10)23-15(20-21)13-7-4-11(17)8-14(13)18/h2-8,16H,1H3. The van der Waals surface area contributed by atoms with Gasteiger partial charge < -0.3 is 4.74 Å². The van der Waals surface area contributed by atoms with Crippen molar-refractivity contribution < 1.29 is 13.9 Å². The van der Waals surface area contributed by atoms with Crippen LogP contribution in [0.2, 0.25) is 10.0 Å². The van der Waals surface area contributed by atoms with Gasteiger partial charge >= 0.3 is 0 Å². The van der Waals surface area contributed by atoms with Gasteiger partial charge in [0.25, 0.3) is 0 Å². The molecule has 0 saturated heterocycles. The molecule has 0 saturated carbocycles. The molecule has 1 aliphatic rings. The summed E-state index contributed by atoms with van der Waals surface area (Å²) in [5, 5.41) is 6.22. The van der Waals surface area contributed by atoms with Gasteiger partial charge in [-0.15, -0.1) is 5.10 Å². The Balaban J connectivity index is 1.97. The van der Waals surface area contributed by atoms with Gasteiger partial charge in [0.05, 0.1) is 10.6 Å². The summed E-state index contributed by atoms with van der Waals surface area (Å²) < 4.78 is 18.9. The summed E-state index contributed by atoms with van der Waals surface area (Å²) in [7, 11) is 0. The zero-order valence-corrected chi connectivity index (χ0v) is 13.5. The first-order valence-corrected chi connectivity index (χ1v) is 7.47. The largest absolute Gasteiger partial charge is 0.446 e. The maximum Gasteiger partial charge on any atom is 0.243 e. The van der Waals surface area contributed by atoms with Crippen molar-refractivity contribution in [3.8, 4) is 0 Å². The first-order chi connectivity index (χ1) is 11.0. The third-order valence-corrected chi connectivity index (χ3v) is 3.83. The van der Waals surface area contributed by atoms with Crippen LogP contribution in [0.5, 0.6) is 0 Å². The van der Waals surface area contributed by atoms with E-state index in [4.69, 9.17) is 27.9 Å². The summed E-state index contributed by atoms with van der Waals surface area (Å²) in [5.74, 6) is -0.474. The number of halogens is 3. The minimum Gasteiger partial charge on any atom is -0.446 e. The second-order valence-corrected chi connectivity index (χ2v) is 5.76. The molecule has 2 aromatic rings. The van der Waals surface area contributed by atoms with Crippen LogP contribution in [0.15, 0.2) is 47.6 Å². The number of rotatable bonds is 2. The molecule has 0 radical (unpaired) electrons. The SMILES string of the molecule is CC(=O)N1N=C(c2ccc(Cl)cc2Cl)OC1c1ccc(F)cc1. The van der Waals surface area contributed by atoms with Gasteiger partial charge in [-0.3, -0.25) is 4.79 Å². The molecule has 2 aromatic carbocycles. The van der Waals surface area contributed by atoms with E-state index in [2.05, 4.69) is 5.10 Å². The van der Waals surface area contributed by atoms with Crippen LogP contribution in [0.3, 0.4) is 0 Å². The van der Waals surface area contributed by atoms with Crippen molar-refractivity contribution >= 4 is 35.0 Å². The predicted molar refractivity (Wildman–Crippen MR) is 85.7 cm³/mol. The Labute approximate surface area is 142 Å². The van der Waals surface area contributed by atoms with E-state index in [9.17, 15) is 9.18 Å². The van der Waals surface area contributed by atoms with Crippen LogP contribution in [0.4, 0.5) is 4.39 Å². The van der Waals surface area contributed by atoms with Crippen LogP contribution < -0.4 is 0 Å². The number of carbonyl (C=O) groups is 1. The number of hydrazone groups is 1. The molecular formula is C16H11Cl2FN2O2. The lowest BCUT2D eigenvalue weighted by atomic mass is 10.2. The Morgan fingerprint density at radius 2 is 1.91 bits per heavy atom. The van der Waals surface area contributed by atoms with Gasteiger partial charge in [-0.2, -0.15) is 5.01 Å². The number of hydrogen-bond acceptors (Lipinski definition) is 3. The van der Waals surface area contributed by atoms with Crippen molar-refractivity contribution in [2.24, 2.45) is 5.10 Å². The first-order valence-electron chi connectivity index (χ1n) is 6.71. The average Bonchev–Trinajstić information content (AvgIpc) is 2.93. The molecule has 1 amide bonds. The number of carbonyl (C=O) groups excluding carboxylic acids is 1. The molecule has 4 nitrogen and oxygen atoms in total. The van der Waals surface area contributed by atoms with E-state index in [1.807, 2.05) is 0 Å². The molecule has 1 atom stereocenters. The Morgan fingerprint density at radius 3 is 2.52 bits per heavy atom. The van der Waals surface area contributed by atoms with Gasteiger partial charge in [0.15, 0.2) is 0 Å². The van der Waals surface area contributed by atoms with Crippen molar-refractivity contribution in [2.75, 3.05) is 0 Å². The molecule has 3 rings (SSSR count). The lowest BCUT2D eigenvalue weighted by Crippen LogP contribution is -2.25. The molecule has 118 valence electrons. The van der Waals surface area contributed by atoms with Crippen LogP contribution in [0.25, 0.3) is 0 Å².